The highest BCUT2D eigenvalue weighted by Crippen LogP contribution is 2.32. The molecule has 0 unspecified atom stereocenters. The number of morpholine rings is 1. The average molecular weight is 371 g/mol. The van der Waals surface area contributed by atoms with Crippen molar-refractivity contribution in [2.75, 3.05) is 59.0 Å². The van der Waals surface area contributed by atoms with E-state index in [0.717, 1.165) is 19.2 Å². The molecule has 2 aliphatic heterocycles. The molecule has 2 aliphatic rings. The maximum atomic E-state index is 13.1. The highest BCUT2D eigenvalue weighted by molar-refractivity contribution is 5.78. The predicted octanol–water partition coefficient (Wildman–Crippen LogP) is 1.68. The molecule has 0 aliphatic carbocycles. The first-order chi connectivity index (χ1) is 12.4. The van der Waals surface area contributed by atoms with Crippen molar-refractivity contribution in [1.29, 1.82) is 0 Å². The Morgan fingerprint density at radius 3 is 2.27 bits per heavy atom. The molecule has 8 heteroatoms. The van der Waals surface area contributed by atoms with Crippen LogP contribution in [0.1, 0.15) is 11.1 Å². The number of hydrogen-bond acceptors (Lipinski definition) is 4. The molecule has 26 heavy (non-hydrogen) atoms. The number of carbonyl (C=O) groups excluding carboxylic acids is 1. The predicted molar refractivity (Wildman–Crippen MR) is 90.6 cm³/mol. The molecule has 144 valence electrons. The third-order valence-electron chi connectivity index (χ3n) is 4.90. The molecule has 0 bridgehead atoms. The van der Waals surface area contributed by atoms with Crippen molar-refractivity contribution in [3.05, 3.63) is 35.4 Å². The van der Waals surface area contributed by atoms with E-state index < -0.39 is 11.7 Å². The molecule has 5 nitrogen and oxygen atoms in total. The molecule has 1 amide bonds. The highest BCUT2D eigenvalue weighted by atomic mass is 19.4. The zero-order valence-corrected chi connectivity index (χ0v) is 14.7. The SMILES string of the molecule is O=C(CN1CCOCC1)N1CCN(Cc2ccccc2C(F)(F)F)CC1. The molecule has 0 atom stereocenters. The Labute approximate surface area is 151 Å². The molecule has 0 aromatic heterocycles. The van der Waals surface area contributed by atoms with Gasteiger partial charge in [0.15, 0.2) is 0 Å². The van der Waals surface area contributed by atoms with Crippen LogP contribution in [0.2, 0.25) is 0 Å². The Bertz CT molecular complexity index is 610. The van der Waals surface area contributed by atoms with Gasteiger partial charge in [-0.25, -0.2) is 0 Å². The molecule has 3 rings (SSSR count). The summed E-state index contributed by atoms with van der Waals surface area (Å²) in [5.41, 5.74) is -0.293. The van der Waals surface area contributed by atoms with Gasteiger partial charge >= 0.3 is 6.18 Å². The Morgan fingerprint density at radius 2 is 1.62 bits per heavy atom. The fourth-order valence-electron chi connectivity index (χ4n) is 3.38. The standard InChI is InChI=1S/C18H24F3N3O2/c19-18(20,21)16-4-2-1-3-15(16)13-22-5-7-24(8-6-22)17(25)14-23-9-11-26-12-10-23/h1-4H,5-14H2. The lowest BCUT2D eigenvalue weighted by atomic mass is 10.1. The van der Waals surface area contributed by atoms with Crippen molar-refractivity contribution < 1.29 is 22.7 Å². The zero-order chi connectivity index (χ0) is 18.6. The van der Waals surface area contributed by atoms with Crippen LogP contribution in [0, 0.1) is 0 Å². The van der Waals surface area contributed by atoms with Crippen molar-refractivity contribution in [3.63, 3.8) is 0 Å². The molecule has 2 heterocycles. The third kappa shape index (κ3) is 4.96. The van der Waals surface area contributed by atoms with Crippen LogP contribution < -0.4 is 0 Å². The number of carbonyl (C=O) groups is 1. The van der Waals surface area contributed by atoms with E-state index in [1.165, 1.54) is 12.1 Å². The van der Waals surface area contributed by atoms with E-state index in [9.17, 15) is 18.0 Å². The minimum Gasteiger partial charge on any atom is -0.379 e. The van der Waals surface area contributed by atoms with Gasteiger partial charge in [0.25, 0.3) is 0 Å². The largest absolute Gasteiger partial charge is 0.416 e. The zero-order valence-electron chi connectivity index (χ0n) is 14.7. The Kier molecular flexibility index (Phi) is 6.16. The lowest BCUT2D eigenvalue weighted by molar-refractivity contribution is -0.138. The maximum Gasteiger partial charge on any atom is 0.416 e. The van der Waals surface area contributed by atoms with Crippen LogP contribution in [-0.4, -0.2) is 79.6 Å². The maximum absolute atomic E-state index is 13.1. The van der Waals surface area contributed by atoms with Gasteiger partial charge in [0.05, 0.1) is 25.3 Å². The molecule has 0 N–H and O–H groups in total. The van der Waals surface area contributed by atoms with E-state index in [-0.39, 0.29) is 18.0 Å². The molecule has 2 fully saturated rings. The van der Waals surface area contributed by atoms with Gasteiger partial charge in [0.2, 0.25) is 5.91 Å². The smallest absolute Gasteiger partial charge is 0.379 e. The molecule has 0 radical (unpaired) electrons. The van der Waals surface area contributed by atoms with Crippen molar-refractivity contribution >= 4 is 5.91 Å². The summed E-state index contributed by atoms with van der Waals surface area (Å²) in [6.07, 6.45) is -4.34. The van der Waals surface area contributed by atoms with E-state index in [4.69, 9.17) is 4.74 Å². The topological polar surface area (TPSA) is 36.0 Å². The van der Waals surface area contributed by atoms with Crippen LogP contribution in [0.15, 0.2) is 24.3 Å². The number of alkyl halides is 3. The Morgan fingerprint density at radius 1 is 0.962 bits per heavy atom. The second kappa shape index (κ2) is 8.37. The summed E-state index contributed by atoms with van der Waals surface area (Å²) in [4.78, 5) is 18.3. The first-order valence-electron chi connectivity index (χ1n) is 8.89. The highest BCUT2D eigenvalue weighted by Gasteiger charge is 2.33. The van der Waals surface area contributed by atoms with Gasteiger partial charge in [-0.15, -0.1) is 0 Å². The average Bonchev–Trinajstić information content (AvgIpc) is 2.63. The van der Waals surface area contributed by atoms with Crippen LogP contribution >= 0.6 is 0 Å². The monoisotopic (exact) mass is 371 g/mol. The number of ether oxygens (including phenoxy) is 1. The molecule has 1 aromatic carbocycles. The molecule has 2 saturated heterocycles. The Hall–Kier alpha value is -1.64. The fourth-order valence-corrected chi connectivity index (χ4v) is 3.38. The minimum absolute atomic E-state index is 0.0854. The number of hydrogen-bond donors (Lipinski definition) is 0. The summed E-state index contributed by atoms with van der Waals surface area (Å²) < 4.78 is 44.6. The summed E-state index contributed by atoms with van der Waals surface area (Å²) in [5.74, 6) is 0.0854. The number of piperazine rings is 1. The second-order valence-electron chi connectivity index (χ2n) is 6.70. The summed E-state index contributed by atoms with van der Waals surface area (Å²) >= 11 is 0. The fraction of sp³-hybridized carbons (Fsp3) is 0.611. The van der Waals surface area contributed by atoms with Crippen LogP contribution in [0.5, 0.6) is 0 Å². The minimum atomic E-state index is -4.34. The Balaban J connectivity index is 1.50. The molecular formula is C18H24F3N3O2. The van der Waals surface area contributed by atoms with Gasteiger partial charge in [-0.1, -0.05) is 18.2 Å². The van der Waals surface area contributed by atoms with Gasteiger partial charge in [-0.05, 0) is 11.6 Å². The van der Waals surface area contributed by atoms with Crippen molar-refractivity contribution in [3.8, 4) is 0 Å². The summed E-state index contributed by atoms with van der Waals surface area (Å²) in [6.45, 7) is 5.75. The molecular weight excluding hydrogens is 347 g/mol. The van der Waals surface area contributed by atoms with E-state index in [2.05, 4.69) is 4.90 Å². The van der Waals surface area contributed by atoms with Crippen LogP contribution in [0.25, 0.3) is 0 Å². The molecule has 0 spiro atoms. The third-order valence-corrected chi connectivity index (χ3v) is 4.90. The summed E-state index contributed by atoms with van der Waals surface area (Å²) in [7, 11) is 0. The number of amides is 1. The first-order valence-corrected chi connectivity index (χ1v) is 8.89. The van der Waals surface area contributed by atoms with E-state index in [1.54, 1.807) is 6.07 Å². The van der Waals surface area contributed by atoms with Crippen molar-refractivity contribution in [1.82, 2.24) is 14.7 Å². The lowest BCUT2D eigenvalue weighted by Gasteiger charge is -2.36. The molecule has 0 saturated carbocycles. The number of halogens is 3. The van der Waals surface area contributed by atoms with E-state index in [1.807, 2.05) is 9.80 Å². The number of rotatable bonds is 4. The summed E-state index contributed by atoms with van der Waals surface area (Å²) in [6, 6.07) is 5.69. The number of benzene rings is 1. The van der Waals surface area contributed by atoms with Gasteiger partial charge in [0, 0.05) is 45.8 Å². The first kappa shape index (κ1) is 19.1. The lowest BCUT2D eigenvalue weighted by Crippen LogP contribution is -2.52. The van der Waals surface area contributed by atoms with Gasteiger partial charge < -0.3 is 9.64 Å². The van der Waals surface area contributed by atoms with E-state index in [0.29, 0.717) is 45.9 Å². The van der Waals surface area contributed by atoms with Crippen molar-refractivity contribution in [2.24, 2.45) is 0 Å². The number of nitrogens with zero attached hydrogens (tertiary/aromatic N) is 3. The van der Waals surface area contributed by atoms with Crippen LogP contribution in [-0.2, 0) is 22.3 Å². The van der Waals surface area contributed by atoms with Crippen molar-refractivity contribution in [2.45, 2.75) is 12.7 Å². The van der Waals surface area contributed by atoms with Gasteiger partial charge in [-0.3, -0.25) is 14.6 Å². The molecule has 1 aromatic rings. The normalized spacial score (nSPS) is 20.3. The summed E-state index contributed by atoms with van der Waals surface area (Å²) in [5, 5.41) is 0. The van der Waals surface area contributed by atoms with Gasteiger partial charge in [-0.2, -0.15) is 13.2 Å². The second-order valence-corrected chi connectivity index (χ2v) is 6.70. The van der Waals surface area contributed by atoms with Gasteiger partial charge in [0.1, 0.15) is 0 Å². The van der Waals surface area contributed by atoms with E-state index >= 15 is 0 Å². The quantitative estimate of drug-likeness (QED) is 0.807. The van der Waals surface area contributed by atoms with Crippen LogP contribution in [0.4, 0.5) is 13.2 Å². The van der Waals surface area contributed by atoms with Crippen LogP contribution in [0.3, 0.4) is 0 Å².